The van der Waals surface area contributed by atoms with E-state index in [9.17, 15) is 33.9 Å². The maximum atomic E-state index is 12.8. The molecule has 2 amide bonds. The van der Waals surface area contributed by atoms with Crippen LogP contribution in [0.3, 0.4) is 0 Å². The van der Waals surface area contributed by atoms with Crippen LogP contribution in [0.2, 0.25) is 20.1 Å². The monoisotopic (exact) mass is 930 g/mol. The summed E-state index contributed by atoms with van der Waals surface area (Å²) in [5.74, 6) is -2.74. The number of ether oxygens (including phenoxy) is 1. The Labute approximate surface area is 383 Å². The number of aryl methyl sites for hydroxylation is 4. The zero-order valence-electron chi connectivity index (χ0n) is 34.7. The Morgan fingerprint density at radius 2 is 1.00 bits per heavy atom. The van der Waals surface area contributed by atoms with Crippen LogP contribution in [0.15, 0.2) is 119 Å². The maximum absolute atomic E-state index is 12.8. The number of esters is 1. The molecule has 0 aliphatic carbocycles. The fraction of sp³-hybridized carbons (Fsp3) is 0.191. The molecule has 0 fully saturated rings. The van der Waals surface area contributed by atoms with Gasteiger partial charge in [-0.25, -0.2) is 9.59 Å². The fourth-order valence-electron chi connectivity index (χ4n) is 6.70. The Hall–Kier alpha value is -6.18. The van der Waals surface area contributed by atoms with Crippen molar-refractivity contribution in [2.45, 2.75) is 38.8 Å². The molecule has 326 valence electrons. The molecule has 12 nitrogen and oxygen atoms in total. The number of hydrogen-bond acceptors (Lipinski definition) is 7. The number of carbonyl (C=O) groups excluding carboxylic acids is 3. The van der Waals surface area contributed by atoms with Crippen molar-refractivity contribution in [3.63, 3.8) is 0 Å². The highest BCUT2D eigenvalue weighted by Crippen LogP contribution is 2.24. The van der Waals surface area contributed by atoms with Gasteiger partial charge in [-0.1, -0.05) is 119 Å². The van der Waals surface area contributed by atoms with Crippen LogP contribution in [0.25, 0.3) is 22.3 Å². The normalized spacial score (nSPS) is 11.7. The lowest BCUT2D eigenvalue weighted by Gasteiger charge is -2.18. The number of carbonyl (C=O) groups is 4. The number of nitrogens with zero attached hydrogens (tertiary/aromatic N) is 2. The van der Waals surface area contributed by atoms with Crippen molar-refractivity contribution < 1.29 is 29.0 Å². The lowest BCUT2D eigenvalue weighted by atomic mass is 10.0. The second-order valence-corrected chi connectivity index (χ2v) is 16.2. The summed E-state index contributed by atoms with van der Waals surface area (Å²) in [5, 5.41) is 16.3. The summed E-state index contributed by atoms with van der Waals surface area (Å²) in [5.41, 5.74) is 5.30. The van der Waals surface area contributed by atoms with Crippen LogP contribution in [0.4, 0.5) is 0 Å². The second-order valence-electron chi connectivity index (χ2n) is 14.6. The van der Waals surface area contributed by atoms with Crippen molar-refractivity contribution in [3.8, 4) is 22.3 Å². The van der Waals surface area contributed by atoms with Crippen molar-refractivity contribution in [3.05, 3.63) is 184 Å². The predicted molar refractivity (Wildman–Crippen MR) is 246 cm³/mol. The summed E-state index contributed by atoms with van der Waals surface area (Å²) in [6, 6.07) is 25.3. The number of carboxylic acid groups (broad SMARTS) is 1. The van der Waals surface area contributed by atoms with Gasteiger partial charge in [0.1, 0.15) is 12.1 Å². The van der Waals surface area contributed by atoms with Crippen LogP contribution in [0.1, 0.15) is 43.0 Å². The third kappa shape index (κ3) is 12.1. The van der Waals surface area contributed by atoms with Gasteiger partial charge in [0, 0.05) is 50.5 Å². The third-order valence-electron chi connectivity index (χ3n) is 10.0. The first kappa shape index (κ1) is 47.9. The number of pyridine rings is 2. The van der Waals surface area contributed by atoms with Crippen LogP contribution >= 0.6 is 46.4 Å². The van der Waals surface area contributed by atoms with E-state index in [-0.39, 0.29) is 34.5 Å². The molecule has 16 heteroatoms. The molecule has 0 saturated heterocycles. The molecule has 6 rings (SSSR count). The van der Waals surface area contributed by atoms with Gasteiger partial charge in [-0.3, -0.25) is 19.2 Å². The number of hydrogen-bond donors (Lipinski definition) is 3. The first-order valence-corrected chi connectivity index (χ1v) is 20.7. The zero-order valence-corrected chi connectivity index (χ0v) is 37.7. The van der Waals surface area contributed by atoms with Gasteiger partial charge in [0.2, 0.25) is 0 Å². The fourth-order valence-corrected chi connectivity index (χ4v) is 7.83. The number of rotatable bonds is 12. The minimum atomic E-state index is -1.16. The van der Waals surface area contributed by atoms with Crippen molar-refractivity contribution >= 4 is 70.2 Å². The largest absolute Gasteiger partial charge is 0.480 e. The molecule has 0 radical (unpaired) electrons. The number of halogens is 4. The molecule has 2 atom stereocenters. The van der Waals surface area contributed by atoms with Crippen molar-refractivity contribution in [1.29, 1.82) is 0 Å². The number of methoxy groups -OCH3 is 1. The van der Waals surface area contributed by atoms with Gasteiger partial charge >= 0.3 is 11.9 Å². The summed E-state index contributed by atoms with van der Waals surface area (Å²) in [6.07, 6.45) is 3.35. The maximum Gasteiger partial charge on any atom is 0.328 e. The van der Waals surface area contributed by atoms with E-state index in [0.717, 1.165) is 5.56 Å². The molecule has 0 aliphatic rings. The highest BCUT2D eigenvalue weighted by molar-refractivity contribution is 6.34. The van der Waals surface area contributed by atoms with E-state index in [0.29, 0.717) is 59.6 Å². The van der Waals surface area contributed by atoms with Crippen molar-refractivity contribution in [2.75, 3.05) is 7.11 Å². The minimum Gasteiger partial charge on any atom is -0.480 e. The molecule has 0 spiro atoms. The highest BCUT2D eigenvalue weighted by Gasteiger charge is 2.26. The SMILES string of the molecule is COC(=O)[C@H](Cc1ccc(-c2cc(Cl)cn(C)c2=O)cc1)NC(=O)c1c(C)cccc1Cl.Cc1cccc(Cl)c1C(=O)N[C@@H](Cc1ccc(-c2cc(Cl)cn(C)c2=O)cc1)C(=O)O. The molecule has 6 aromatic rings. The van der Waals surface area contributed by atoms with Crippen molar-refractivity contribution in [1.82, 2.24) is 19.8 Å². The van der Waals surface area contributed by atoms with Gasteiger partial charge in [-0.15, -0.1) is 0 Å². The molecule has 0 saturated carbocycles. The Morgan fingerprint density at radius 1 is 0.619 bits per heavy atom. The van der Waals surface area contributed by atoms with Gasteiger partial charge < -0.3 is 29.6 Å². The Bertz CT molecular complexity index is 2770. The number of carboxylic acids is 1. The summed E-state index contributed by atoms with van der Waals surface area (Å²) >= 11 is 24.4. The van der Waals surface area contributed by atoms with Crippen LogP contribution in [0, 0.1) is 13.8 Å². The average molecular weight is 933 g/mol. The van der Waals surface area contributed by atoms with E-state index < -0.39 is 35.8 Å². The molecular weight excluding hydrogens is 890 g/mol. The van der Waals surface area contributed by atoms with E-state index in [4.69, 9.17) is 51.1 Å². The van der Waals surface area contributed by atoms with E-state index >= 15 is 0 Å². The molecule has 3 N–H and O–H groups in total. The molecule has 2 aromatic heterocycles. The molecule has 0 bridgehead atoms. The van der Waals surface area contributed by atoms with Gasteiger partial charge in [0.15, 0.2) is 0 Å². The number of aromatic nitrogens is 2. The van der Waals surface area contributed by atoms with Gasteiger partial charge in [-0.05, 0) is 71.5 Å². The first-order chi connectivity index (χ1) is 29.9. The summed E-state index contributed by atoms with van der Waals surface area (Å²) in [7, 11) is 4.52. The number of benzene rings is 4. The minimum absolute atomic E-state index is 0.0679. The number of aliphatic carboxylic acids is 1. The van der Waals surface area contributed by atoms with E-state index in [1.54, 1.807) is 131 Å². The second kappa shape index (κ2) is 21.3. The Morgan fingerprint density at radius 3 is 1.37 bits per heavy atom. The molecule has 0 aliphatic heterocycles. The molecule has 4 aromatic carbocycles. The molecule has 2 heterocycles. The van der Waals surface area contributed by atoms with Gasteiger partial charge in [0.25, 0.3) is 22.9 Å². The van der Waals surface area contributed by atoms with E-state index in [1.807, 2.05) is 0 Å². The number of nitrogens with one attached hydrogen (secondary N) is 2. The standard InChI is InChI=1S/C24H22Cl2N2O4.C23H20Cl2N2O4/c1-14-5-4-6-19(26)21(14)22(29)27-20(24(31)32-3)11-15-7-9-16(10-8-15)18-12-17(25)13-28(2)23(18)30;1-13-4-3-5-18(25)20(13)21(28)26-19(23(30)31)10-14-6-8-15(9-7-14)17-11-16(24)12-27(2)22(17)29/h4-10,12-13,20H,11H2,1-3H3,(H,27,29);3-9,11-12,19H,10H2,1-2H3,(H,26,28)(H,30,31)/t20-;19-/m00/s1. The average Bonchev–Trinajstić information content (AvgIpc) is 3.23. The topological polar surface area (TPSA) is 166 Å². The summed E-state index contributed by atoms with van der Waals surface area (Å²) in [4.78, 5) is 74.3. The Kier molecular flexibility index (Phi) is 16.2. The summed E-state index contributed by atoms with van der Waals surface area (Å²) < 4.78 is 7.69. The predicted octanol–water partition coefficient (Wildman–Crippen LogP) is 8.27. The van der Waals surface area contributed by atoms with Crippen LogP contribution < -0.4 is 21.8 Å². The quantitative estimate of drug-likeness (QED) is 0.103. The van der Waals surface area contributed by atoms with Crippen LogP contribution in [0.5, 0.6) is 0 Å². The van der Waals surface area contributed by atoms with E-state index in [2.05, 4.69) is 10.6 Å². The van der Waals surface area contributed by atoms with Gasteiger partial charge in [-0.2, -0.15) is 0 Å². The lowest BCUT2D eigenvalue weighted by molar-refractivity contribution is -0.143. The van der Waals surface area contributed by atoms with Gasteiger partial charge in [0.05, 0.1) is 38.3 Å². The summed E-state index contributed by atoms with van der Waals surface area (Å²) in [6.45, 7) is 3.50. The van der Waals surface area contributed by atoms with Crippen molar-refractivity contribution in [2.24, 2.45) is 14.1 Å². The smallest absolute Gasteiger partial charge is 0.328 e. The van der Waals surface area contributed by atoms with Crippen LogP contribution in [-0.4, -0.2) is 57.2 Å². The molecule has 63 heavy (non-hydrogen) atoms. The zero-order chi connectivity index (χ0) is 46.1. The highest BCUT2D eigenvalue weighted by atomic mass is 35.5. The number of amides is 2. The lowest BCUT2D eigenvalue weighted by Crippen LogP contribution is -2.43. The van der Waals surface area contributed by atoms with E-state index in [1.165, 1.54) is 22.4 Å². The molecule has 0 unspecified atom stereocenters. The third-order valence-corrected chi connectivity index (χ3v) is 11.0. The first-order valence-electron chi connectivity index (χ1n) is 19.2. The Balaban J connectivity index is 0.000000238. The van der Waals surface area contributed by atoms with Crippen LogP contribution in [-0.2, 0) is 41.3 Å². The molecular formula is C47H42Cl4N4O8.